The van der Waals surface area contributed by atoms with Gasteiger partial charge in [0.15, 0.2) is 0 Å². The zero-order valence-electron chi connectivity index (χ0n) is 6.79. The summed E-state index contributed by atoms with van der Waals surface area (Å²) in [5.41, 5.74) is 4.20. The zero-order valence-corrected chi connectivity index (χ0v) is 8.94. The van der Waals surface area contributed by atoms with E-state index in [2.05, 4.69) is 37.3 Å². The molecule has 1 aromatic carbocycles. The molecule has 1 aromatic rings. The molecule has 12 heavy (non-hydrogen) atoms. The second-order valence-electron chi connectivity index (χ2n) is 3.02. The maximum absolute atomic E-state index is 5.98. The van der Waals surface area contributed by atoms with Crippen molar-refractivity contribution < 1.29 is 15.3 Å². The fourth-order valence-electron chi connectivity index (χ4n) is 1.59. The Morgan fingerprint density at radius 1 is 1.33 bits per heavy atom. The molecule has 2 heteroatoms. The summed E-state index contributed by atoms with van der Waals surface area (Å²) in [6.45, 7) is 2.17. The Labute approximate surface area is 83.8 Å². The number of hydrogen-bond donors (Lipinski definition) is 0. The van der Waals surface area contributed by atoms with E-state index in [0.29, 0.717) is 4.63 Å². The van der Waals surface area contributed by atoms with Crippen LogP contribution in [0.2, 0.25) is 0 Å². The van der Waals surface area contributed by atoms with E-state index in [4.69, 9.17) is 9.85 Å². The molecule has 0 bridgehead atoms. The predicted molar refractivity (Wildman–Crippen MR) is 48.7 cm³/mol. The Balaban J connectivity index is 2.50. The van der Waals surface area contributed by atoms with Gasteiger partial charge in [0.05, 0.1) is 0 Å². The topological polar surface area (TPSA) is 0 Å². The quantitative estimate of drug-likeness (QED) is 0.674. The van der Waals surface area contributed by atoms with Crippen molar-refractivity contribution in [3.8, 4) is 0 Å². The third-order valence-electron chi connectivity index (χ3n) is 2.20. The van der Waals surface area contributed by atoms with Gasteiger partial charge in [-0.2, -0.15) is 0 Å². The molecule has 0 radical (unpaired) electrons. The molecule has 0 saturated heterocycles. The monoisotopic (exact) mass is 215 g/mol. The fraction of sp³-hybridized carbons (Fsp3) is 0.200. The minimum atomic E-state index is -0.0862. The Bertz CT molecular complexity index is 330. The van der Waals surface area contributed by atoms with E-state index in [9.17, 15) is 0 Å². The summed E-state index contributed by atoms with van der Waals surface area (Å²) in [5, 5.41) is 0. The molecule has 1 atom stereocenters. The molecule has 0 aliphatic heterocycles. The van der Waals surface area contributed by atoms with Crippen molar-refractivity contribution in [2.45, 2.75) is 11.6 Å². The van der Waals surface area contributed by atoms with Crippen molar-refractivity contribution in [2.24, 2.45) is 0 Å². The summed E-state index contributed by atoms with van der Waals surface area (Å²) in [5.74, 6) is 0. The van der Waals surface area contributed by atoms with Crippen LogP contribution in [0.15, 0.2) is 29.8 Å². The molecular weight excluding hydrogens is 207 g/mol. The van der Waals surface area contributed by atoms with Gasteiger partial charge in [-0.3, -0.25) is 0 Å². The molecule has 1 aliphatic carbocycles. The van der Waals surface area contributed by atoms with E-state index in [1.54, 1.807) is 0 Å². The molecule has 0 N–H and O–H groups in total. The third-order valence-corrected chi connectivity index (χ3v) is 4.38. The van der Waals surface area contributed by atoms with Crippen LogP contribution in [-0.2, 0) is 15.3 Å². The molecular formula is C10H9ClV. The Hall–Kier alpha value is -0.166. The van der Waals surface area contributed by atoms with Crippen molar-refractivity contribution in [1.82, 2.24) is 0 Å². The minimum absolute atomic E-state index is 0.0862. The van der Waals surface area contributed by atoms with Gasteiger partial charge in [-0.15, -0.1) is 0 Å². The van der Waals surface area contributed by atoms with Gasteiger partial charge in [-0.25, -0.2) is 0 Å². The zero-order chi connectivity index (χ0) is 8.55. The molecule has 0 nitrogen and oxygen atoms in total. The summed E-state index contributed by atoms with van der Waals surface area (Å²) in [7, 11) is 5.98. The summed E-state index contributed by atoms with van der Waals surface area (Å²) >= 11 is -0.0862. The molecule has 0 heterocycles. The second-order valence-corrected chi connectivity index (χ2v) is 4.93. The molecule has 0 amide bonds. The van der Waals surface area contributed by atoms with Crippen LogP contribution >= 0.6 is 9.85 Å². The van der Waals surface area contributed by atoms with Crippen molar-refractivity contribution in [2.75, 3.05) is 0 Å². The molecule has 0 fully saturated rings. The van der Waals surface area contributed by atoms with Crippen LogP contribution in [0.1, 0.15) is 22.7 Å². The summed E-state index contributed by atoms with van der Waals surface area (Å²) in [6, 6.07) is 8.51. The Kier molecular flexibility index (Phi) is 2.32. The van der Waals surface area contributed by atoms with Crippen LogP contribution in [0.25, 0.3) is 6.08 Å². The summed E-state index contributed by atoms with van der Waals surface area (Å²) in [6.07, 6.45) is 2.25. The molecule has 2 rings (SSSR count). The van der Waals surface area contributed by atoms with Crippen LogP contribution < -0.4 is 0 Å². The van der Waals surface area contributed by atoms with E-state index < -0.39 is 0 Å². The van der Waals surface area contributed by atoms with Crippen molar-refractivity contribution in [3.05, 3.63) is 41.0 Å². The van der Waals surface area contributed by atoms with E-state index in [1.165, 1.54) is 16.7 Å². The first-order valence-corrected chi connectivity index (χ1v) is 6.64. The van der Waals surface area contributed by atoms with Gasteiger partial charge in [0.1, 0.15) is 0 Å². The van der Waals surface area contributed by atoms with Gasteiger partial charge in [0.25, 0.3) is 0 Å². The number of allylic oxidation sites excluding steroid dienone is 1. The normalized spacial score (nSPS) is 20.2. The van der Waals surface area contributed by atoms with E-state index in [1.807, 2.05) is 0 Å². The number of benzene rings is 1. The molecule has 1 aliphatic rings. The molecule has 0 spiro atoms. The molecule has 1 unspecified atom stereocenters. The van der Waals surface area contributed by atoms with Gasteiger partial charge < -0.3 is 0 Å². The maximum atomic E-state index is 5.98. The SMILES string of the molecule is CC1=Cc2ccccc2[CH]1[V][Cl]. The fourth-order valence-corrected chi connectivity index (χ4v) is 3.55. The Morgan fingerprint density at radius 3 is 2.83 bits per heavy atom. The average molecular weight is 216 g/mol. The van der Waals surface area contributed by atoms with E-state index in [-0.39, 0.29) is 15.3 Å². The van der Waals surface area contributed by atoms with Gasteiger partial charge in [-0.1, -0.05) is 0 Å². The van der Waals surface area contributed by atoms with Crippen LogP contribution in [0.4, 0.5) is 0 Å². The second kappa shape index (κ2) is 3.29. The first kappa shape index (κ1) is 8.43. The first-order chi connectivity index (χ1) is 5.83. The number of hydrogen-bond acceptors (Lipinski definition) is 0. The number of fused-ring (bicyclic) bond motifs is 1. The molecule has 61 valence electrons. The number of halogens is 1. The standard InChI is InChI=1S/C10H9.ClH.V/c1-8-6-9-4-2-3-5-10(9)7-8;;/h2-7H,1H3;1H;/q;;+1/p-1. The van der Waals surface area contributed by atoms with E-state index in [0.717, 1.165) is 0 Å². The van der Waals surface area contributed by atoms with Crippen molar-refractivity contribution in [3.63, 3.8) is 0 Å². The predicted octanol–water partition coefficient (Wildman–Crippen LogP) is 3.38. The average Bonchev–Trinajstić information content (AvgIpc) is 2.40. The van der Waals surface area contributed by atoms with Crippen molar-refractivity contribution in [1.29, 1.82) is 0 Å². The van der Waals surface area contributed by atoms with Gasteiger partial charge >= 0.3 is 83.8 Å². The van der Waals surface area contributed by atoms with Crippen LogP contribution in [0, 0.1) is 0 Å². The Morgan fingerprint density at radius 2 is 2.08 bits per heavy atom. The van der Waals surface area contributed by atoms with Gasteiger partial charge in [0.2, 0.25) is 0 Å². The van der Waals surface area contributed by atoms with Crippen LogP contribution in [-0.4, -0.2) is 0 Å². The van der Waals surface area contributed by atoms with Gasteiger partial charge in [-0.05, 0) is 0 Å². The van der Waals surface area contributed by atoms with E-state index >= 15 is 0 Å². The summed E-state index contributed by atoms with van der Waals surface area (Å²) in [4.78, 5) is 0. The summed E-state index contributed by atoms with van der Waals surface area (Å²) < 4.78 is 0.541. The molecule has 0 aromatic heterocycles. The van der Waals surface area contributed by atoms with Crippen LogP contribution in [0.3, 0.4) is 0 Å². The third kappa shape index (κ3) is 1.24. The van der Waals surface area contributed by atoms with Gasteiger partial charge in [0, 0.05) is 0 Å². The molecule has 0 saturated carbocycles. The number of rotatable bonds is 1. The first-order valence-electron chi connectivity index (χ1n) is 3.91. The van der Waals surface area contributed by atoms with Crippen LogP contribution in [0.5, 0.6) is 0 Å². The van der Waals surface area contributed by atoms with Crippen molar-refractivity contribution >= 4 is 15.9 Å².